The van der Waals surface area contributed by atoms with Gasteiger partial charge in [-0.15, -0.1) is 0 Å². The molecule has 0 unspecified atom stereocenters. The summed E-state index contributed by atoms with van der Waals surface area (Å²) in [6.45, 7) is 2.92. The van der Waals surface area contributed by atoms with Gasteiger partial charge in [0.05, 0.1) is 24.1 Å². The van der Waals surface area contributed by atoms with Crippen molar-refractivity contribution in [3.63, 3.8) is 0 Å². The van der Waals surface area contributed by atoms with E-state index in [9.17, 15) is 29.8 Å². The fourth-order valence-electron chi connectivity index (χ4n) is 4.26. The van der Waals surface area contributed by atoms with Crippen molar-refractivity contribution in [3.05, 3.63) is 84.9 Å². The molecule has 12 heteroatoms. The number of rotatable bonds is 8. The molecule has 180 valence electrons. The lowest BCUT2D eigenvalue weighted by atomic mass is 9.77. The van der Waals surface area contributed by atoms with Crippen molar-refractivity contribution in [2.45, 2.75) is 37.4 Å². The van der Waals surface area contributed by atoms with Crippen LogP contribution in [-0.2, 0) is 19.1 Å². The molecule has 3 atom stereocenters. The number of hydrogen-bond donors (Lipinski definition) is 1. The van der Waals surface area contributed by atoms with Crippen LogP contribution in [-0.4, -0.2) is 46.6 Å². The Morgan fingerprint density at radius 2 is 1.44 bits per heavy atom. The molecule has 0 spiro atoms. The molecule has 2 aromatic rings. The second-order valence-corrected chi connectivity index (χ2v) is 7.96. The third-order valence-corrected chi connectivity index (χ3v) is 5.92. The number of nitro benzene ring substituents is 1. The predicted octanol–water partition coefficient (Wildman–Crippen LogP) is 3.19. The van der Waals surface area contributed by atoms with Crippen molar-refractivity contribution in [2.75, 3.05) is 13.2 Å². The summed E-state index contributed by atoms with van der Waals surface area (Å²) in [6, 6.07) is 8.35. The van der Waals surface area contributed by atoms with Gasteiger partial charge in [-0.3, -0.25) is 25.5 Å². The highest BCUT2D eigenvalue weighted by Gasteiger charge is 2.69. The fraction of sp³-hybridized carbons (Fsp3) is 0.364. The molecule has 11 nitrogen and oxygen atoms in total. The summed E-state index contributed by atoms with van der Waals surface area (Å²) in [6.07, 6.45) is 0. The largest absolute Gasteiger partial charge is 0.464 e. The molecule has 1 aliphatic rings. The lowest BCUT2D eigenvalue weighted by Gasteiger charge is -2.30. The van der Waals surface area contributed by atoms with Gasteiger partial charge in [0.2, 0.25) is 11.6 Å². The minimum Gasteiger partial charge on any atom is -0.464 e. The number of halogens is 1. The van der Waals surface area contributed by atoms with E-state index in [1.807, 2.05) is 0 Å². The Morgan fingerprint density at radius 1 is 0.941 bits per heavy atom. The van der Waals surface area contributed by atoms with Gasteiger partial charge >= 0.3 is 11.9 Å². The fourth-order valence-corrected chi connectivity index (χ4v) is 4.38. The standard InChI is InChI=1S/C22H22ClN3O8/c1-3-33-20(27)22(21(28)34-4-2)17(13-5-9-15(23)10-6-13)19(26(31)32)18(24-22)14-7-11-16(12-8-14)25(29)30/h5-12,17-19,24H,3-4H2,1-2H3/t17-,18-,19-/m1/s1. The summed E-state index contributed by atoms with van der Waals surface area (Å²) in [5.41, 5.74) is -1.88. The first-order valence-corrected chi connectivity index (χ1v) is 10.8. The Morgan fingerprint density at radius 3 is 1.88 bits per heavy atom. The Bertz CT molecular complexity index is 1070. The third-order valence-electron chi connectivity index (χ3n) is 5.66. The van der Waals surface area contributed by atoms with Gasteiger partial charge in [0.15, 0.2) is 0 Å². The molecule has 1 saturated heterocycles. The number of carbonyl (C=O) groups excluding carboxylic acids is 2. The molecule has 0 radical (unpaired) electrons. The molecule has 3 rings (SSSR count). The summed E-state index contributed by atoms with van der Waals surface area (Å²) in [7, 11) is 0. The molecule has 0 aromatic heterocycles. The minimum absolute atomic E-state index is 0.0830. The third kappa shape index (κ3) is 4.44. The molecule has 0 aliphatic carbocycles. The van der Waals surface area contributed by atoms with Crippen molar-refractivity contribution < 1.29 is 28.9 Å². The van der Waals surface area contributed by atoms with Crippen molar-refractivity contribution in [1.29, 1.82) is 0 Å². The molecule has 0 saturated carbocycles. The molecule has 0 bridgehead atoms. The first kappa shape index (κ1) is 25.1. The number of esters is 2. The van der Waals surface area contributed by atoms with Gasteiger partial charge in [-0.05, 0) is 37.1 Å². The number of ether oxygens (including phenoxy) is 2. The van der Waals surface area contributed by atoms with Crippen LogP contribution in [0.1, 0.15) is 36.9 Å². The maximum Gasteiger partial charge on any atom is 0.339 e. The Hall–Kier alpha value is -3.57. The van der Waals surface area contributed by atoms with Gasteiger partial charge in [-0.25, -0.2) is 9.59 Å². The van der Waals surface area contributed by atoms with E-state index in [-0.39, 0.29) is 24.5 Å². The summed E-state index contributed by atoms with van der Waals surface area (Å²) in [5.74, 6) is -3.38. The van der Waals surface area contributed by atoms with E-state index in [1.165, 1.54) is 48.5 Å². The number of nitro groups is 2. The van der Waals surface area contributed by atoms with E-state index in [0.717, 1.165) is 0 Å². The number of hydrogen-bond acceptors (Lipinski definition) is 9. The van der Waals surface area contributed by atoms with E-state index in [1.54, 1.807) is 13.8 Å². The second kappa shape index (κ2) is 10.1. The Labute approximate surface area is 199 Å². The molecule has 1 fully saturated rings. The first-order chi connectivity index (χ1) is 16.2. The average Bonchev–Trinajstić information content (AvgIpc) is 3.18. The first-order valence-electron chi connectivity index (χ1n) is 10.4. The summed E-state index contributed by atoms with van der Waals surface area (Å²) >= 11 is 5.99. The van der Waals surface area contributed by atoms with Crippen molar-refractivity contribution >= 4 is 29.2 Å². The van der Waals surface area contributed by atoms with Gasteiger partial charge in [-0.1, -0.05) is 35.9 Å². The zero-order valence-electron chi connectivity index (χ0n) is 18.3. The molecular formula is C22H22ClN3O8. The van der Waals surface area contributed by atoms with Crippen LogP contribution >= 0.6 is 11.6 Å². The van der Waals surface area contributed by atoms with Crippen molar-refractivity contribution in [2.24, 2.45) is 0 Å². The van der Waals surface area contributed by atoms with Crippen molar-refractivity contribution in [1.82, 2.24) is 5.32 Å². The van der Waals surface area contributed by atoms with E-state index in [4.69, 9.17) is 21.1 Å². The molecule has 1 heterocycles. The summed E-state index contributed by atoms with van der Waals surface area (Å²) in [5, 5.41) is 26.6. The molecule has 2 aromatic carbocycles. The highest BCUT2D eigenvalue weighted by atomic mass is 35.5. The van der Waals surface area contributed by atoms with Gasteiger partial charge in [-0.2, -0.15) is 0 Å². The van der Waals surface area contributed by atoms with Crippen LogP contribution in [0.2, 0.25) is 5.02 Å². The number of non-ortho nitro benzene ring substituents is 1. The van der Waals surface area contributed by atoms with Crippen LogP contribution < -0.4 is 5.32 Å². The Kier molecular flexibility index (Phi) is 7.48. The van der Waals surface area contributed by atoms with E-state index in [0.29, 0.717) is 10.6 Å². The maximum atomic E-state index is 13.3. The average molecular weight is 492 g/mol. The summed E-state index contributed by atoms with van der Waals surface area (Å²) < 4.78 is 10.4. The number of nitrogens with one attached hydrogen (secondary N) is 1. The van der Waals surface area contributed by atoms with E-state index in [2.05, 4.69) is 5.32 Å². The van der Waals surface area contributed by atoms with E-state index >= 15 is 0 Å². The predicted molar refractivity (Wildman–Crippen MR) is 120 cm³/mol. The van der Waals surface area contributed by atoms with Crippen LogP contribution in [0.25, 0.3) is 0 Å². The van der Waals surface area contributed by atoms with Gasteiger partial charge in [0.25, 0.3) is 5.69 Å². The molecule has 1 aliphatic heterocycles. The Balaban J connectivity index is 2.26. The zero-order valence-corrected chi connectivity index (χ0v) is 19.1. The smallest absolute Gasteiger partial charge is 0.339 e. The van der Waals surface area contributed by atoms with Crippen LogP contribution in [0.5, 0.6) is 0 Å². The summed E-state index contributed by atoms with van der Waals surface area (Å²) in [4.78, 5) is 48.8. The lowest BCUT2D eigenvalue weighted by Crippen LogP contribution is -2.60. The number of carbonyl (C=O) groups is 2. The number of nitrogens with zero attached hydrogens (tertiary/aromatic N) is 2. The zero-order chi connectivity index (χ0) is 25.0. The molecule has 34 heavy (non-hydrogen) atoms. The van der Waals surface area contributed by atoms with Crippen LogP contribution in [0.4, 0.5) is 5.69 Å². The number of benzene rings is 2. The van der Waals surface area contributed by atoms with Gasteiger partial charge in [0, 0.05) is 22.1 Å². The highest BCUT2D eigenvalue weighted by molar-refractivity contribution is 6.30. The topological polar surface area (TPSA) is 151 Å². The van der Waals surface area contributed by atoms with Crippen molar-refractivity contribution in [3.8, 4) is 0 Å². The second-order valence-electron chi connectivity index (χ2n) is 7.52. The monoisotopic (exact) mass is 491 g/mol. The molecular weight excluding hydrogens is 470 g/mol. The lowest BCUT2D eigenvalue weighted by molar-refractivity contribution is -0.527. The van der Waals surface area contributed by atoms with Crippen LogP contribution in [0.15, 0.2) is 48.5 Å². The minimum atomic E-state index is -2.25. The molecule has 0 amide bonds. The van der Waals surface area contributed by atoms with Gasteiger partial charge < -0.3 is 9.47 Å². The molecule has 1 N–H and O–H groups in total. The normalized spacial score (nSPS) is 21.0. The van der Waals surface area contributed by atoms with Crippen LogP contribution in [0, 0.1) is 20.2 Å². The quantitative estimate of drug-likeness (QED) is 0.254. The van der Waals surface area contributed by atoms with Crippen LogP contribution in [0.3, 0.4) is 0 Å². The van der Waals surface area contributed by atoms with Gasteiger partial charge in [0.1, 0.15) is 6.04 Å². The SMILES string of the molecule is CCOC(=O)C1(C(=O)OCC)N[C@H](c2ccc([N+](=O)[O-])cc2)[C@H]([N+](=O)[O-])[C@H]1c1ccc(Cl)cc1. The maximum absolute atomic E-state index is 13.3. The highest BCUT2D eigenvalue weighted by Crippen LogP contribution is 2.47. The van der Waals surface area contributed by atoms with E-state index < -0.39 is 45.3 Å².